The van der Waals surface area contributed by atoms with Gasteiger partial charge in [0.15, 0.2) is 0 Å². The Bertz CT molecular complexity index is 533. The summed E-state index contributed by atoms with van der Waals surface area (Å²) in [4.78, 5) is 22.5. The fraction of sp³-hybridized carbons (Fsp3) is 0.688. The minimum atomic E-state index is 0.211. The molecular formula is C16H25N5O2. The SMILES string of the molecule is CCC(=O)N1CC[C@@H](Nc2nccc(N[C@@H]3CCCOC3)n2)C1. The number of nitrogens with zero attached hydrogens (tertiary/aromatic N) is 3. The standard InChI is InChI=1S/C16H25N5O2/c1-2-15(22)21-8-6-12(10-21)19-16-17-7-5-14(20-16)18-13-4-3-9-23-11-13/h5,7,12-13H,2-4,6,8-11H2,1H3,(H2,17,18,19,20)/t12-,13-/m1/s1. The molecule has 126 valence electrons. The van der Waals surface area contributed by atoms with Gasteiger partial charge in [-0.1, -0.05) is 6.92 Å². The van der Waals surface area contributed by atoms with E-state index >= 15 is 0 Å². The van der Waals surface area contributed by atoms with Gasteiger partial charge in [-0.15, -0.1) is 0 Å². The minimum Gasteiger partial charge on any atom is -0.379 e. The molecule has 2 fully saturated rings. The van der Waals surface area contributed by atoms with E-state index in [1.807, 2.05) is 17.9 Å². The molecule has 23 heavy (non-hydrogen) atoms. The smallest absolute Gasteiger partial charge is 0.224 e. The zero-order valence-electron chi connectivity index (χ0n) is 13.6. The second-order valence-corrected chi connectivity index (χ2v) is 6.15. The minimum absolute atomic E-state index is 0.211. The van der Waals surface area contributed by atoms with Crippen molar-refractivity contribution < 1.29 is 9.53 Å². The number of carbonyl (C=O) groups excluding carboxylic acids is 1. The summed E-state index contributed by atoms with van der Waals surface area (Å²) < 4.78 is 5.48. The fourth-order valence-electron chi connectivity index (χ4n) is 3.08. The molecule has 2 N–H and O–H groups in total. The maximum absolute atomic E-state index is 11.7. The fourth-order valence-corrected chi connectivity index (χ4v) is 3.08. The van der Waals surface area contributed by atoms with Gasteiger partial charge >= 0.3 is 0 Å². The Morgan fingerprint density at radius 1 is 1.39 bits per heavy atom. The lowest BCUT2D eigenvalue weighted by Gasteiger charge is -2.23. The van der Waals surface area contributed by atoms with Crippen LogP contribution < -0.4 is 10.6 Å². The molecule has 0 radical (unpaired) electrons. The van der Waals surface area contributed by atoms with E-state index in [9.17, 15) is 4.79 Å². The molecule has 0 aliphatic carbocycles. The van der Waals surface area contributed by atoms with Gasteiger partial charge < -0.3 is 20.3 Å². The molecule has 2 aliphatic heterocycles. The molecule has 0 saturated carbocycles. The molecule has 1 aromatic rings. The van der Waals surface area contributed by atoms with E-state index in [1.165, 1.54) is 0 Å². The maximum atomic E-state index is 11.7. The summed E-state index contributed by atoms with van der Waals surface area (Å²) in [5.74, 6) is 1.64. The molecular weight excluding hydrogens is 294 g/mol. The summed E-state index contributed by atoms with van der Waals surface area (Å²) >= 11 is 0. The van der Waals surface area contributed by atoms with Crippen molar-refractivity contribution in [3.8, 4) is 0 Å². The lowest BCUT2D eigenvalue weighted by molar-refractivity contribution is -0.129. The predicted molar refractivity (Wildman–Crippen MR) is 88.4 cm³/mol. The van der Waals surface area contributed by atoms with Crippen LogP contribution in [0.5, 0.6) is 0 Å². The van der Waals surface area contributed by atoms with Gasteiger partial charge in [-0.25, -0.2) is 4.98 Å². The molecule has 0 spiro atoms. The number of amides is 1. The molecule has 2 saturated heterocycles. The topological polar surface area (TPSA) is 79.4 Å². The van der Waals surface area contributed by atoms with Gasteiger partial charge in [-0.05, 0) is 25.3 Å². The van der Waals surface area contributed by atoms with Gasteiger partial charge in [0, 0.05) is 38.4 Å². The molecule has 7 nitrogen and oxygen atoms in total. The predicted octanol–water partition coefficient (Wildman–Crippen LogP) is 1.49. The summed E-state index contributed by atoms with van der Waals surface area (Å²) in [5.41, 5.74) is 0. The van der Waals surface area contributed by atoms with E-state index in [0.29, 0.717) is 18.4 Å². The second kappa shape index (κ2) is 7.59. The van der Waals surface area contributed by atoms with Crippen LogP contribution in [0.3, 0.4) is 0 Å². The molecule has 1 aromatic heterocycles. The Kier molecular flexibility index (Phi) is 5.27. The van der Waals surface area contributed by atoms with E-state index in [1.54, 1.807) is 6.20 Å². The van der Waals surface area contributed by atoms with Crippen LogP contribution in [0.1, 0.15) is 32.6 Å². The Hall–Kier alpha value is -1.89. The molecule has 0 bridgehead atoms. The molecule has 1 amide bonds. The van der Waals surface area contributed by atoms with Gasteiger partial charge in [-0.2, -0.15) is 4.98 Å². The van der Waals surface area contributed by atoms with Crippen molar-refractivity contribution in [3.05, 3.63) is 12.3 Å². The number of likely N-dealkylation sites (tertiary alicyclic amines) is 1. The lowest BCUT2D eigenvalue weighted by atomic mass is 10.1. The van der Waals surface area contributed by atoms with Gasteiger partial charge in [-0.3, -0.25) is 4.79 Å². The third-order valence-electron chi connectivity index (χ3n) is 4.34. The maximum Gasteiger partial charge on any atom is 0.224 e. The summed E-state index contributed by atoms with van der Waals surface area (Å²) in [6, 6.07) is 2.41. The zero-order chi connectivity index (χ0) is 16.1. The first-order valence-electron chi connectivity index (χ1n) is 8.46. The number of ether oxygens (including phenoxy) is 1. The van der Waals surface area contributed by atoms with E-state index in [4.69, 9.17) is 4.74 Å². The van der Waals surface area contributed by atoms with E-state index in [2.05, 4.69) is 20.6 Å². The van der Waals surface area contributed by atoms with Crippen LogP contribution in [0.15, 0.2) is 12.3 Å². The van der Waals surface area contributed by atoms with Crippen LogP contribution in [0.25, 0.3) is 0 Å². The average molecular weight is 319 g/mol. The third-order valence-corrected chi connectivity index (χ3v) is 4.34. The quantitative estimate of drug-likeness (QED) is 0.856. The highest BCUT2D eigenvalue weighted by Crippen LogP contribution is 2.17. The van der Waals surface area contributed by atoms with Crippen LogP contribution in [-0.4, -0.2) is 59.2 Å². The summed E-state index contributed by atoms with van der Waals surface area (Å²) in [6.07, 6.45) is 5.43. The molecule has 3 heterocycles. The number of anilines is 2. The first-order valence-corrected chi connectivity index (χ1v) is 8.46. The Morgan fingerprint density at radius 3 is 3.09 bits per heavy atom. The molecule has 2 atom stereocenters. The molecule has 0 unspecified atom stereocenters. The van der Waals surface area contributed by atoms with Crippen molar-refractivity contribution in [2.24, 2.45) is 0 Å². The highest BCUT2D eigenvalue weighted by atomic mass is 16.5. The molecule has 7 heteroatoms. The summed E-state index contributed by atoms with van der Waals surface area (Å²) in [7, 11) is 0. The zero-order valence-corrected chi connectivity index (χ0v) is 13.6. The largest absolute Gasteiger partial charge is 0.379 e. The molecule has 2 aliphatic rings. The lowest BCUT2D eigenvalue weighted by Crippen LogP contribution is -2.32. The molecule has 0 aromatic carbocycles. The van der Waals surface area contributed by atoms with E-state index in [0.717, 1.165) is 51.4 Å². The number of hydrogen-bond donors (Lipinski definition) is 2. The van der Waals surface area contributed by atoms with Gasteiger partial charge in [0.05, 0.1) is 12.6 Å². The summed E-state index contributed by atoms with van der Waals surface area (Å²) in [5, 5.41) is 6.74. The van der Waals surface area contributed by atoms with Crippen LogP contribution in [0.2, 0.25) is 0 Å². The first kappa shape index (κ1) is 16.0. The van der Waals surface area contributed by atoms with E-state index < -0.39 is 0 Å². The highest BCUT2D eigenvalue weighted by Gasteiger charge is 2.25. The Balaban J connectivity index is 1.54. The van der Waals surface area contributed by atoms with Crippen molar-refractivity contribution in [2.75, 3.05) is 36.9 Å². The normalized spacial score (nSPS) is 24.5. The van der Waals surface area contributed by atoms with Crippen LogP contribution in [0.4, 0.5) is 11.8 Å². The number of aromatic nitrogens is 2. The third kappa shape index (κ3) is 4.31. The van der Waals surface area contributed by atoms with Gasteiger partial charge in [0.2, 0.25) is 11.9 Å². The second-order valence-electron chi connectivity index (χ2n) is 6.15. The number of nitrogens with one attached hydrogen (secondary N) is 2. The van der Waals surface area contributed by atoms with Crippen molar-refractivity contribution >= 4 is 17.7 Å². The van der Waals surface area contributed by atoms with Crippen LogP contribution in [0, 0.1) is 0 Å². The van der Waals surface area contributed by atoms with Gasteiger partial charge in [0.25, 0.3) is 0 Å². The number of hydrogen-bond acceptors (Lipinski definition) is 6. The summed E-state index contributed by atoms with van der Waals surface area (Å²) in [6.45, 7) is 5.01. The van der Waals surface area contributed by atoms with Crippen LogP contribution >= 0.6 is 0 Å². The molecule has 3 rings (SSSR count). The van der Waals surface area contributed by atoms with E-state index in [-0.39, 0.29) is 11.9 Å². The van der Waals surface area contributed by atoms with Gasteiger partial charge in [0.1, 0.15) is 5.82 Å². The van der Waals surface area contributed by atoms with Crippen molar-refractivity contribution in [3.63, 3.8) is 0 Å². The Morgan fingerprint density at radius 2 is 2.30 bits per heavy atom. The number of carbonyl (C=O) groups is 1. The Labute approximate surface area is 136 Å². The van der Waals surface area contributed by atoms with Crippen molar-refractivity contribution in [1.82, 2.24) is 14.9 Å². The first-order chi connectivity index (χ1) is 11.2. The number of rotatable bonds is 5. The average Bonchev–Trinajstić information content (AvgIpc) is 3.04. The van der Waals surface area contributed by atoms with Crippen LogP contribution in [-0.2, 0) is 9.53 Å². The van der Waals surface area contributed by atoms with Crippen molar-refractivity contribution in [2.45, 2.75) is 44.7 Å². The van der Waals surface area contributed by atoms with Crippen molar-refractivity contribution in [1.29, 1.82) is 0 Å². The highest BCUT2D eigenvalue weighted by molar-refractivity contribution is 5.76. The monoisotopic (exact) mass is 319 g/mol.